The van der Waals surface area contributed by atoms with Crippen molar-refractivity contribution in [2.75, 3.05) is 6.61 Å². The highest BCUT2D eigenvalue weighted by Crippen LogP contribution is 2.46. The third-order valence-electron chi connectivity index (χ3n) is 6.18. The number of rotatable bonds is 5. The number of dihydropyridines is 1. The van der Waals surface area contributed by atoms with Crippen LogP contribution in [-0.4, -0.2) is 24.3 Å². The fourth-order valence-electron chi connectivity index (χ4n) is 4.61. The summed E-state index contributed by atoms with van der Waals surface area (Å²) in [6, 6.07) is 23.0. The van der Waals surface area contributed by atoms with E-state index in [1.54, 1.807) is 61.5 Å². The minimum absolute atomic E-state index is 0.123. The predicted octanol–water partition coefficient (Wildman–Crippen LogP) is 5.04. The molecule has 1 N–H and O–H groups in total. The molecule has 0 unspecified atom stereocenters. The molecule has 174 valence electrons. The van der Waals surface area contributed by atoms with Crippen LogP contribution >= 0.6 is 0 Å². The van der Waals surface area contributed by atoms with E-state index in [9.17, 15) is 14.4 Å². The number of benzene rings is 3. The van der Waals surface area contributed by atoms with Gasteiger partial charge in [0.1, 0.15) is 5.75 Å². The van der Waals surface area contributed by atoms with Crippen LogP contribution in [0.15, 0.2) is 95.7 Å². The molecule has 6 heteroatoms. The first-order chi connectivity index (χ1) is 17.0. The molecule has 1 aliphatic heterocycles. The maximum atomic E-state index is 13.5. The van der Waals surface area contributed by atoms with Gasteiger partial charge in [-0.2, -0.15) is 0 Å². The number of hydrogen-bond acceptors (Lipinski definition) is 6. The van der Waals surface area contributed by atoms with E-state index in [1.807, 2.05) is 31.2 Å². The maximum Gasteiger partial charge on any atom is 0.343 e. The number of carbonyl (C=O) groups is 3. The van der Waals surface area contributed by atoms with Gasteiger partial charge in [0, 0.05) is 28.3 Å². The van der Waals surface area contributed by atoms with E-state index in [-0.39, 0.29) is 12.4 Å². The summed E-state index contributed by atoms with van der Waals surface area (Å²) in [5.74, 6) is -1.32. The molecule has 0 saturated heterocycles. The first-order valence-electron chi connectivity index (χ1n) is 11.4. The van der Waals surface area contributed by atoms with E-state index in [0.29, 0.717) is 39.4 Å². The Morgan fingerprint density at radius 1 is 0.857 bits per heavy atom. The molecule has 3 aromatic rings. The van der Waals surface area contributed by atoms with Crippen LogP contribution in [-0.2, 0) is 9.53 Å². The molecule has 1 aliphatic carbocycles. The summed E-state index contributed by atoms with van der Waals surface area (Å²) in [4.78, 5) is 38.9. The Morgan fingerprint density at radius 3 is 2.20 bits per heavy atom. The topological polar surface area (TPSA) is 81.7 Å². The van der Waals surface area contributed by atoms with Gasteiger partial charge < -0.3 is 14.8 Å². The molecule has 0 radical (unpaired) electrons. The lowest BCUT2D eigenvalue weighted by molar-refractivity contribution is -0.138. The summed E-state index contributed by atoms with van der Waals surface area (Å²) in [6.07, 6.45) is 0. The van der Waals surface area contributed by atoms with Gasteiger partial charge in [0.2, 0.25) is 0 Å². The van der Waals surface area contributed by atoms with Crippen LogP contribution in [0, 0.1) is 0 Å². The second kappa shape index (κ2) is 9.06. The largest absolute Gasteiger partial charge is 0.463 e. The zero-order valence-corrected chi connectivity index (χ0v) is 19.3. The van der Waals surface area contributed by atoms with Crippen LogP contribution in [0.2, 0.25) is 0 Å². The zero-order valence-electron chi connectivity index (χ0n) is 19.3. The minimum Gasteiger partial charge on any atom is -0.463 e. The highest BCUT2D eigenvalue weighted by atomic mass is 16.5. The van der Waals surface area contributed by atoms with Gasteiger partial charge in [0.25, 0.3) is 0 Å². The number of Topliss-reactive ketones (excluding diaryl/α,β-unsaturated/α-hetero) is 1. The second-order valence-electron chi connectivity index (χ2n) is 8.31. The average Bonchev–Trinajstić information content (AvgIpc) is 3.16. The van der Waals surface area contributed by atoms with Crippen molar-refractivity contribution in [1.29, 1.82) is 0 Å². The van der Waals surface area contributed by atoms with E-state index in [1.165, 1.54) is 0 Å². The van der Waals surface area contributed by atoms with Crippen molar-refractivity contribution in [3.05, 3.63) is 118 Å². The lowest BCUT2D eigenvalue weighted by Gasteiger charge is -2.29. The van der Waals surface area contributed by atoms with Crippen LogP contribution in [0.25, 0.3) is 5.70 Å². The highest BCUT2D eigenvalue weighted by Gasteiger charge is 2.42. The number of esters is 2. The van der Waals surface area contributed by atoms with E-state index < -0.39 is 17.9 Å². The predicted molar refractivity (Wildman–Crippen MR) is 131 cm³/mol. The molecule has 0 saturated carbocycles. The van der Waals surface area contributed by atoms with Crippen LogP contribution in [0.4, 0.5) is 0 Å². The van der Waals surface area contributed by atoms with Gasteiger partial charge >= 0.3 is 11.9 Å². The van der Waals surface area contributed by atoms with Crippen LogP contribution in [0.1, 0.15) is 51.6 Å². The fraction of sp³-hybridized carbons (Fsp3) is 0.138. The molecule has 6 nitrogen and oxygen atoms in total. The second-order valence-corrected chi connectivity index (χ2v) is 8.31. The Kier molecular flexibility index (Phi) is 5.79. The van der Waals surface area contributed by atoms with E-state index in [2.05, 4.69) is 5.32 Å². The monoisotopic (exact) mass is 465 g/mol. The number of nitrogens with one attached hydrogen (secondary N) is 1. The summed E-state index contributed by atoms with van der Waals surface area (Å²) in [7, 11) is 0. The van der Waals surface area contributed by atoms with E-state index >= 15 is 0 Å². The van der Waals surface area contributed by atoms with Gasteiger partial charge in [-0.1, -0.05) is 54.6 Å². The summed E-state index contributed by atoms with van der Waals surface area (Å²) >= 11 is 0. The average molecular weight is 466 g/mol. The lowest BCUT2D eigenvalue weighted by Crippen LogP contribution is -2.29. The van der Waals surface area contributed by atoms with Crippen LogP contribution < -0.4 is 10.1 Å². The molecule has 0 bridgehead atoms. The Labute approximate surface area is 202 Å². The van der Waals surface area contributed by atoms with Crippen molar-refractivity contribution in [3.63, 3.8) is 0 Å². The molecular formula is C29H23NO5. The number of fused-ring (bicyclic) bond motifs is 2. The highest BCUT2D eigenvalue weighted by molar-refractivity contribution is 6.23. The third kappa shape index (κ3) is 3.93. The maximum absolute atomic E-state index is 13.5. The Bertz CT molecular complexity index is 1400. The van der Waals surface area contributed by atoms with Gasteiger partial charge in [-0.25, -0.2) is 9.59 Å². The van der Waals surface area contributed by atoms with Crippen molar-refractivity contribution in [1.82, 2.24) is 5.32 Å². The molecule has 0 fully saturated rings. The Hall–Kier alpha value is -4.45. The molecule has 35 heavy (non-hydrogen) atoms. The van der Waals surface area contributed by atoms with E-state index in [4.69, 9.17) is 9.47 Å². The van der Waals surface area contributed by atoms with Crippen molar-refractivity contribution in [2.24, 2.45) is 0 Å². The summed E-state index contributed by atoms with van der Waals surface area (Å²) in [5.41, 5.74) is 4.82. The first kappa shape index (κ1) is 22.3. The molecule has 1 atom stereocenters. The molecular weight excluding hydrogens is 442 g/mol. The van der Waals surface area contributed by atoms with Gasteiger partial charge in [-0.15, -0.1) is 0 Å². The van der Waals surface area contributed by atoms with E-state index in [0.717, 1.165) is 11.1 Å². The number of ether oxygens (including phenoxy) is 2. The summed E-state index contributed by atoms with van der Waals surface area (Å²) < 4.78 is 10.9. The van der Waals surface area contributed by atoms with Crippen molar-refractivity contribution in [2.45, 2.75) is 19.8 Å². The minimum atomic E-state index is -0.621. The van der Waals surface area contributed by atoms with Crippen LogP contribution in [0.3, 0.4) is 0 Å². The zero-order chi connectivity index (χ0) is 24.5. The smallest absolute Gasteiger partial charge is 0.343 e. The first-order valence-corrected chi connectivity index (χ1v) is 11.4. The number of allylic oxidation sites excluding steroid dienone is 2. The molecule has 2 aliphatic rings. The quantitative estimate of drug-likeness (QED) is 0.420. The molecule has 1 heterocycles. The molecule has 3 aromatic carbocycles. The molecule has 0 aromatic heterocycles. The van der Waals surface area contributed by atoms with Crippen molar-refractivity contribution >= 4 is 23.4 Å². The Morgan fingerprint density at radius 2 is 1.51 bits per heavy atom. The molecule has 0 amide bonds. The van der Waals surface area contributed by atoms with Crippen molar-refractivity contribution < 1.29 is 23.9 Å². The SMILES string of the molecule is CCOC(=O)C1=C(C)NC2=C(C(=O)c3ccccc32)[C@H]1c1ccc(OC(=O)c2ccccc2)cc1. The lowest BCUT2D eigenvalue weighted by atomic mass is 9.80. The fourth-order valence-corrected chi connectivity index (χ4v) is 4.61. The molecule has 0 spiro atoms. The third-order valence-corrected chi connectivity index (χ3v) is 6.18. The van der Waals surface area contributed by atoms with Gasteiger partial charge in [0.05, 0.1) is 23.4 Å². The van der Waals surface area contributed by atoms with Gasteiger partial charge in [-0.05, 0) is 43.7 Å². The van der Waals surface area contributed by atoms with Gasteiger partial charge in [0.15, 0.2) is 5.78 Å². The summed E-state index contributed by atoms with van der Waals surface area (Å²) in [5, 5.41) is 3.28. The van der Waals surface area contributed by atoms with Gasteiger partial charge in [-0.3, -0.25) is 4.79 Å². The van der Waals surface area contributed by atoms with Crippen LogP contribution in [0.5, 0.6) is 5.75 Å². The number of ketones is 1. The normalized spacial score (nSPS) is 16.4. The van der Waals surface area contributed by atoms with Crippen molar-refractivity contribution in [3.8, 4) is 5.75 Å². The Balaban J connectivity index is 1.53. The number of hydrogen-bond donors (Lipinski definition) is 1. The standard InChI is InChI=1S/C29H23NO5/c1-3-34-29(33)23-17(2)30-26-21-11-7-8-12-22(21)27(31)25(26)24(23)18-13-15-20(16-14-18)35-28(32)19-9-5-4-6-10-19/h4-16,24,30H,3H2,1-2H3/t24-/m0/s1. The summed E-state index contributed by atoms with van der Waals surface area (Å²) in [6.45, 7) is 3.78. The number of carbonyl (C=O) groups excluding carboxylic acids is 3. The molecule has 5 rings (SSSR count).